The van der Waals surface area contributed by atoms with Crippen molar-refractivity contribution < 1.29 is 4.39 Å². The Hall–Kier alpha value is -1.67. The number of aryl methyl sites for hydroxylation is 2. The van der Waals surface area contributed by atoms with Gasteiger partial charge in [0, 0.05) is 6.54 Å². The fourth-order valence-electron chi connectivity index (χ4n) is 2.31. The van der Waals surface area contributed by atoms with Gasteiger partial charge in [-0.05, 0) is 49.7 Å². The monoisotopic (exact) mass is 243 g/mol. The quantitative estimate of drug-likeness (QED) is 0.864. The average Bonchev–Trinajstić information content (AvgIpc) is 2.28. The van der Waals surface area contributed by atoms with Crippen LogP contribution in [0, 0.1) is 19.7 Å². The van der Waals surface area contributed by atoms with E-state index in [1.165, 1.54) is 17.2 Å². The summed E-state index contributed by atoms with van der Waals surface area (Å²) in [7, 11) is 1.87. The Kier molecular flexibility index (Phi) is 3.78. The van der Waals surface area contributed by atoms with E-state index in [0.29, 0.717) is 6.54 Å². The summed E-state index contributed by atoms with van der Waals surface area (Å²) in [4.78, 5) is 0. The van der Waals surface area contributed by atoms with Gasteiger partial charge in [-0.3, -0.25) is 0 Å². The first-order valence-corrected chi connectivity index (χ1v) is 6.12. The van der Waals surface area contributed by atoms with Crippen molar-refractivity contribution in [3.05, 3.63) is 58.9 Å². The summed E-state index contributed by atoms with van der Waals surface area (Å²) >= 11 is 0. The molecule has 0 amide bonds. The molecular formula is C16H18FN. The second kappa shape index (κ2) is 5.32. The third kappa shape index (κ3) is 2.77. The molecule has 0 aromatic heterocycles. The molecule has 18 heavy (non-hydrogen) atoms. The molecule has 0 aliphatic heterocycles. The molecule has 2 aromatic carbocycles. The minimum Gasteiger partial charge on any atom is -0.316 e. The molecule has 0 saturated heterocycles. The summed E-state index contributed by atoms with van der Waals surface area (Å²) in [5.74, 6) is -0.187. The van der Waals surface area contributed by atoms with Crippen LogP contribution in [0.15, 0.2) is 36.4 Å². The van der Waals surface area contributed by atoms with Crippen molar-refractivity contribution in [1.82, 2.24) is 5.32 Å². The third-order valence-electron chi connectivity index (χ3n) is 2.97. The predicted molar refractivity (Wildman–Crippen MR) is 74.1 cm³/mol. The van der Waals surface area contributed by atoms with E-state index in [9.17, 15) is 4.39 Å². The summed E-state index contributed by atoms with van der Waals surface area (Å²) in [5, 5.41) is 3.08. The first kappa shape index (κ1) is 12.8. The highest BCUT2D eigenvalue weighted by molar-refractivity contribution is 5.68. The van der Waals surface area contributed by atoms with E-state index < -0.39 is 0 Å². The Labute approximate surface area is 108 Å². The molecule has 1 nitrogen and oxygen atoms in total. The molecule has 0 radical (unpaired) electrons. The fraction of sp³-hybridized carbons (Fsp3) is 0.250. The standard InChI is InChI=1S/C16H18FN/c1-11-6-12(2)8-13(7-11)16-5-4-15(17)9-14(16)10-18-3/h4-9,18H,10H2,1-3H3. The van der Waals surface area contributed by atoms with Gasteiger partial charge >= 0.3 is 0 Å². The maximum absolute atomic E-state index is 13.3. The normalized spacial score (nSPS) is 10.7. The molecule has 0 spiro atoms. The molecule has 94 valence electrons. The van der Waals surface area contributed by atoms with Crippen LogP contribution in [-0.4, -0.2) is 7.05 Å². The van der Waals surface area contributed by atoms with E-state index >= 15 is 0 Å². The first-order chi connectivity index (χ1) is 8.60. The van der Waals surface area contributed by atoms with Crippen molar-refractivity contribution >= 4 is 0 Å². The number of hydrogen-bond acceptors (Lipinski definition) is 1. The van der Waals surface area contributed by atoms with Crippen molar-refractivity contribution in [2.45, 2.75) is 20.4 Å². The van der Waals surface area contributed by atoms with Gasteiger partial charge in [0.15, 0.2) is 0 Å². The molecule has 1 N–H and O–H groups in total. The Morgan fingerprint density at radius 3 is 2.28 bits per heavy atom. The summed E-state index contributed by atoms with van der Waals surface area (Å²) in [5.41, 5.74) is 5.69. The van der Waals surface area contributed by atoms with Crippen molar-refractivity contribution in [2.75, 3.05) is 7.05 Å². The van der Waals surface area contributed by atoms with Crippen LogP contribution in [-0.2, 0) is 6.54 Å². The molecular weight excluding hydrogens is 225 g/mol. The Morgan fingerprint density at radius 2 is 1.67 bits per heavy atom. The van der Waals surface area contributed by atoms with E-state index in [4.69, 9.17) is 0 Å². The molecule has 0 bridgehead atoms. The smallest absolute Gasteiger partial charge is 0.123 e. The van der Waals surface area contributed by atoms with Crippen LogP contribution in [0.2, 0.25) is 0 Å². The van der Waals surface area contributed by atoms with Crippen LogP contribution in [0.5, 0.6) is 0 Å². The number of benzene rings is 2. The van der Waals surface area contributed by atoms with E-state index in [1.54, 1.807) is 6.07 Å². The average molecular weight is 243 g/mol. The molecule has 0 heterocycles. The van der Waals surface area contributed by atoms with Crippen LogP contribution >= 0.6 is 0 Å². The zero-order valence-electron chi connectivity index (χ0n) is 11.0. The van der Waals surface area contributed by atoms with Gasteiger partial charge in [0.2, 0.25) is 0 Å². The summed E-state index contributed by atoms with van der Waals surface area (Å²) < 4.78 is 13.3. The number of nitrogens with one attached hydrogen (secondary N) is 1. The second-order valence-electron chi connectivity index (χ2n) is 4.71. The first-order valence-electron chi connectivity index (χ1n) is 6.12. The minimum absolute atomic E-state index is 0.187. The van der Waals surface area contributed by atoms with Gasteiger partial charge in [-0.15, -0.1) is 0 Å². The predicted octanol–water partition coefficient (Wildman–Crippen LogP) is 3.83. The fourth-order valence-corrected chi connectivity index (χ4v) is 2.31. The van der Waals surface area contributed by atoms with Crippen LogP contribution in [0.4, 0.5) is 4.39 Å². The molecule has 0 fully saturated rings. The van der Waals surface area contributed by atoms with Crippen LogP contribution < -0.4 is 5.32 Å². The van der Waals surface area contributed by atoms with Gasteiger partial charge in [0.25, 0.3) is 0 Å². The van der Waals surface area contributed by atoms with Gasteiger partial charge < -0.3 is 5.32 Å². The summed E-state index contributed by atoms with van der Waals surface area (Å²) in [6.45, 7) is 4.83. The lowest BCUT2D eigenvalue weighted by molar-refractivity contribution is 0.624. The van der Waals surface area contributed by atoms with Crippen LogP contribution in [0.1, 0.15) is 16.7 Å². The molecule has 0 saturated carbocycles. The lowest BCUT2D eigenvalue weighted by Gasteiger charge is -2.11. The molecule has 2 aromatic rings. The zero-order chi connectivity index (χ0) is 13.1. The lowest BCUT2D eigenvalue weighted by atomic mass is 9.96. The molecule has 2 heteroatoms. The highest BCUT2D eigenvalue weighted by atomic mass is 19.1. The minimum atomic E-state index is -0.187. The Balaban J connectivity index is 2.55. The highest BCUT2D eigenvalue weighted by Crippen LogP contribution is 2.26. The van der Waals surface area contributed by atoms with E-state index in [2.05, 4.69) is 37.4 Å². The van der Waals surface area contributed by atoms with Crippen molar-refractivity contribution in [1.29, 1.82) is 0 Å². The van der Waals surface area contributed by atoms with E-state index in [-0.39, 0.29) is 5.82 Å². The summed E-state index contributed by atoms with van der Waals surface area (Å²) in [6.07, 6.45) is 0. The maximum atomic E-state index is 13.3. The third-order valence-corrected chi connectivity index (χ3v) is 2.97. The van der Waals surface area contributed by atoms with Crippen molar-refractivity contribution in [2.24, 2.45) is 0 Å². The van der Waals surface area contributed by atoms with Gasteiger partial charge in [-0.1, -0.05) is 35.4 Å². The van der Waals surface area contributed by atoms with Gasteiger partial charge in [-0.25, -0.2) is 4.39 Å². The van der Waals surface area contributed by atoms with Crippen molar-refractivity contribution in [3.63, 3.8) is 0 Å². The SMILES string of the molecule is CNCc1cc(F)ccc1-c1cc(C)cc(C)c1. The topological polar surface area (TPSA) is 12.0 Å². The highest BCUT2D eigenvalue weighted by Gasteiger charge is 2.07. The van der Waals surface area contributed by atoms with Gasteiger partial charge in [0.1, 0.15) is 5.82 Å². The van der Waals surface area contributed by atoms with Crippen LogP contribution in [0.3, 0.4) is 0 Å². The summed E-state index contributed by atoms with van der Waals surface area (Å²) in [6, 6.07) is 11.4. The van der Waals surface area contributed by atoms with Crippen molar-refractivity contribution in [3.8, 4) is 11.1 Å². The molecule has 0 unspecified atom stereocenters. The number of hydrogen-bond donors (Lipinski definition) is 1. The Morgan fingerprint density at radius 1 is 1.00 bits per heavy atom. The molecule has 2 rings (SSSR count). The largest absolute Gasteiger partial charge is 0.316 e. The van der Waals surface area contributed by atoms with E-state index in [0.717, 1.165) is 16.7 Å². The number of halogens is 1. The lowest BCUT2D eigenvalue weighted by Crippen LogP contribution is -2.06. The molecule has 0 aliphatic rings. The maximum Gasteiger partial charge on any atom is 0.123 e. The van der Waals surface area contributed by atoms with Gasteiger partial charge in [0.05, 0.1) is 0 Å². The van der Waals surface area contributed by atoms with Crippen LogP contribution in [0.25, 0.3) is 11.1 Å². The molecule has 0 aliphatic carbocycles. The molecule has 0 atom stereocenters. The van der Waals surface area contributed by atoms with E-state index in [1.807, 2.05) is 13.1 Å². The van der Waals surface area contributed by atoms with Gasteiger partial charge in [-0.2, -0.15) is 0 Å². The second-order valence-corrected chi connectivity index (χ2v) is 4.71. The zero-order valence-corrected chi connectivity index (χ0v) is 11.0. The Bertz CT molecular complexity index is 541. The number of rotatable bonds is 3.